The van der Waals surface area contributed by atoms with Gasteiger partial charge in [0.15, 0.2) is 0 Å². The zero-order valence-electron chi connectivity index (χ0n) is 10.8. The quantitative estimate of drug-likeness (QED) is 0.797. The molecule has 0 amide bonds. The average Bonchev–Trinajstić information content (AvgIpc) is 2.39. The van der Waals surface area contributed by atoms with Gasteiger partial charge in [0.1, 0.15) is 0 Å². The summed E-state index contributed by atoms with van der Waals surface area (Å²) in [5.74, 6) is 0. The Kier molecular flexibility index (Phi) is 2.92. The molecule has 92 valence electrons. The fraction of sp³-hybridized carbons (Fsp3) is 0.294. The van der Waals surface area contributed by atoms with Crippen LogP contribution in [0.15, 0.2) is 42.5 Å². The Morgan fingerprint density at radius 3 is 2.61 bits per heavy atom. The highest BCUT2D eigenvalue weighted by Crippen LogP contribution is 2.37. The standard InChI is InChI=1S/C17H19N/c1-12-6-2-3-9-14(12)15-10-4-7-13-8-5-11-16(18)17(13)15/h2-4,6-7,9-10,16H,5,8,11,18H2,1H3. The summed E-state index contributed by atoms with van der Waals surface area (Å²) >= 11 is 0. The van der Waals surface area contributed by atoms with E-state index in [1.807, 2.05) is 0 Å². The Balaban J connectivity index is 2.22. The zero-order valence-corrected chi connectivity index (χ0v) is 10.8. The zero-order chi connectivity index (χ0) is 12.5. The Morgan fingerprint density at radius 1 is 1.00 bits per heavy atom. The smallest absolute Gasteiger partial charge is 0.0303 e. The molecule has 0 aromatic heterocycles. The summed E-state index contributed by atoms with van der Waals surface area (Å²) in [7, 11) is 0. The number of hydrogen-bond acceptors (Lipinski definition) is 1. The van der Waals surface area contributed by atoms with Gasteiger partial charge < -0.3 is 5.73 Å². The predicted molar refractivity (Wildman–Crippen MR) is 76.5 cm³/mol. The first-order valence-corrected chi connectivity index (χ1v) is 6.71. The van der Waals surface area contributed by atoms with Crippen LogP contribution in [0.4, 0.5) is 0 Å². The third-order valence-electron chi connectivity index (χ3n) is 3.96. The molecule has 0 saturated heterocycles. The topological polar surface area (TPSA) is 26.0 Å². The molecule has 1 heteroatoms. The lowest BCUT2D eigenvalue weighted by Crippen LogP contribution is -2.18. The second-order valence-corrected chi connectivity index (χ2v) is 5.19. The number of benzene rings is 2. The Morgan fingerprint density at radius 2 is 1.78 bits per heavy atom. The fourth-order valence-corrected chi connectivity index (χ4v) is 3.04. The number of aryl methyl sites for hydroxylation is 2. The van der Waals surface area contributed by atoms with Gasteiger partial charge in [-0.2, -0.15) is 0 Å². The monoisotopic (exact) mass is 237 g/mol. The largest absolute Gasteiger partial charge is 0.324 e. The van der Waals surface area contributed by atoms with Crippen molar-refractivity contribution in [3.8, 4) is 11.1 Å². The third kappa shape index (κ3) is 1.85. The maximum absolute atomic E-state index is 6.33. The van der Waals surface area contributed by atoms with E-state index in [-0.39, 0.29) is 6.04 Å². The van der Waals surface area contributed by atoms with Crippen molar-refractivity contribution in [1.82, 2.24) is 0 Å². The molecule has 0 bridgehead atoms. The summed E-state index contributed by atoms with van der Waals surface area (Å²) in [6.45, 7) is 2.17. The minimum Gasteiger partial charge on any atom is -0.324 e. The molecule has 1 aliphatic carbocycles. The van der Waals surface area contributed by atoms with Crippen molar-refractivity contribution in [2.75, 3.05) is 0 Å². The fourth-order valence-electron chi connectivity index (χ4n) is 3.04. The molecule has 0 spiro atoms. The molecule has 2 N–H and O–H groups in total. The van der Waals surface area contributed by atoms with Crippen molar-refractivity contribution < 1.29 is 0 Å². The van der Waals surface area contributed by atoms with E-state index in [9.17, 15) is 0 Å². The highest BCUT2D eigenvalue weighted by Gasteiger charge is 2.20. The Hall–Kier alpha value is -1.60. The summed E-state index contributed by atoms with van der Waals surface area (Å²) in [5.41, 5.74) is 13.1. The van der Waals surface area contributed by atoms with Gasteiger partial charge in [-0.25, -0.2) is 0 Å². The molecule has 1 unspecified atom stereocenters. The third-order valence-corrected chi connectivity index (χ3v) is 3.96. The molecular weight excluding hydrogens is 218 g/mol. The average molecular weight is 237 g/mol. The molecule has 3 rings (SSSR count). The lowest BCUT2D eigenvalue weighted by Gasteiger charge is -2.25. The van der Waals surface area contributed by atoms with Gasteiger partial charge in [-0.3, -0.25) is 0 Å². The number of rotatable bonds is 1. The molecule has 2 aromatic carbocycles. The summed E-state index contributed by atoms with van der Waals surface area (Å²) < 4.78 is 0. The van der Waals surface area contributed by atoms with Crippen LogP contribution in [0.1, 0.15) is 35.6 Å². The van der Waals surface area contributed by atoms with Gasteiger partial charge in [0.2, 0.25) is 0 Å². The van der Waals surface area contributed by atoms with Crippen LogP contribution in [0.25, 0.3) is 11.1 Å². The lowest BCUT2D eigenvalue weighted by molar-refractivity contribution is 0.572. The molecule has 0 fully saturated rings. The van der Waals surface area contributed by atoms with E-state index in [0.29, 0.717) is 0 Å². The van der Waals surface area contributed by atoms with E-state index >= 15 is 0 Å². The van der Waals surface area contributed by atoms with E-state index in [1.54, 1.807) is 0 Å². The molecule has 18 heavy (non-hydrogen) atoms. The maximum Gasteiger partial charge on any atom is 0.0303 e. The summed E-state index contributed by atoms with van der Waals surface area (Å²) in [5, 5.41) is 0. The van der Waals surface area contributed by atoms with Crippen molar-refractivity contribution in [2.45, 2.75) is 32.2 Å². The van der Waals surface area contributed by atoms with Crippen LogP contribution in [-0.2, 0) is 6.42 Å². The van der Waals surface area contributed by atoms with Crippen molar-refractivity contribution in [3.05, 3.63) is 59.2 Å². The molecule has 2 aromatic rings. The van der Waals surface area contributed by atoms with Crippen molar-refractivity contribution in [1.29, 1.82) is 0 Å². The Bertz CT molecular complexity index is 572. The van der Waals surface area contributed by atoms with Crippen molar-refractivity contribution in [2.24, 2.45) is 5.73 Å². The first kappa shape index (κ1) is 11.5. The second kappa shape index (κ2) is 4.58. The molecule has 1 nitrogen and oxygen atoms in total. The first-order valence-electron chi connectivity index (χ1n) is 6.71. The molecule has 1 aliphatic rings. The Labute approximate surface area is 109 Å². The van der Waals surface area contributed by atoms with Gasteiger partial charge in [0.05, 0.1) is 0 Å². The highest BCUT2D eigenvalue weighted by atomic mass is 14.6. The minimum atomic E-state index is 0.199. The molecule has 0 aliphatic heterocycles. The van der Waals surface area contributed by atoms with Gasteiger partial charge in [-0.05, 0) is 54.0 Å². The van der Waals surface area contributed by atoms with Crippen LogP contribution in [0.2, 0.25) is 0 Å². The van der Waals surface area contributed by atoms with E-state index in [1.165, 1.54) is 40.7 Å². The molecular formula is C17H19N. The van der Waals surface area contributed by atoms with Gasteiger partial charge in [-0.15, -0.1) is 0 Å². The van der Waals surface area contributed by atoms with E-state index in [4.69, 9.17) is 5.73 Å². The predicted octanol–water partition coefficient (Wildman–Crippen LogP) is 4.00. The summed E-state index contributed by atoms with van der Waals surface area (Å²) in [6, 6.07) is 15.4. The summed E-state index contributed by atoms with van der Waals surface area (Å²) in [4.78, 5) is 0. The van der Waals surface area contributed by atoms with Gasteiger partial charge >= 0.3 is 0 Å². The highest BCUT2D eigenvalue weighted by molar-refractivity contribution is 5.72. The van der Waals surface area contributed by atoms with Crippen LogP contribution >= 0.6 is 0 Å². The van der Waals surface area contributed by atoms with Gasteiger partial charge in [0, 0.05) is 6.04 Å². The lowest BCUT2D eigenvalue weighted by atomic mass is 9.82. The normalized spacial score (nSPS) is 18.4. The van der Waals surface area contributed by atoms with Crippen LogP contribution in [0.3, 0.4) is 0 Å². The SMILES string of the molecule is Cc1ccccc1-c1cccc2c1C(N)CCC2. The number of hydrogen-bond donors (Lipinski definition) is 1. The number of fused-ring (bicyclic) bond motifs is 1. The van der Waals surface area contributed by atoms with Crippen LogP contribution < -0.4 is 5.73 Å². The van der Waals surface area contributed by atoms with Crippen LogP contribution in [0.5, 0.6) is 0 Å². The van der Waals surface area contributed by atoms with Crippen molar-refractivity contribution in [3.63, 3.8) is 0 Å². The maximum atomic E-state index is 6.33. The van der Waals surface area contributed by atoms with Gasteiger partial charge in [-0.1, -0.05) is 42.5 Å². The molecule has 0 heterocycles. The van der Waals surface area contributed by atoms with Gasteiger partial charge in [0.25, 0.3) is 0 Å². The number of nitrogens with two attached hydrogens (primary N) is 1. The van der Waals surface area contributed by atoms with Crippen LogP contribution in [0, 0.1) is 6.92 Å². The molecule has 0 saturated carbocycles. The minimum absolute atomic E-state index is 0.199. The van der Waals surface area contributed by atoms with Crippen molar-refractivity contribution >= 4 is 0 Å². The first-order chi connectivity index (χ1) is 8.77. The van der Waals surface area contributed by atoms with Crippen LogP contribution in [-0.4, -0.2) is 0 Å². The second-order valence-electron chi connectivity index (χ2n) is 5.19. The van der Waals surface area contributed by atoms with E-state index in [0.717, 1.165) is 6.42 Å². The van der Waals surface area contributed by atoms with E-state index < -0.39 is 0 Å². The summed E-state index contributed by atoms with van der Waals surface area (Å²) in [6.07, 6.45) is 3.49. The molecule has 1 atom stereocenters. The van der Waals surface area contributed by atoms with E-state index in [2.05, 4.69) is 49.4 Å². The molecule has 0 radical (unpaired) electrons.